The van der Waals surface area contributed by atoms with Gasteiger partial charge in [-0.3, -0.25) is 0 Å². The van der Waals surface area contributed by atoms with E-state index in [-0.39, 0.29) is 0 Å². The monoisotopic (exact) mass is 184 g/mol. The summed E-state index contributed by atoms with van der Waals surface area (Å²) in [5.74, 6) is 1.33. The van der Waals surface area contributed by atoms with Gasteiger partial charge in [0.1, 0.15) is 5.60 Å². The van der Waals surface area contributed by atoms with Crippen LogP contribution in [0.25, 0.3) is 0 Å². The van der Waals surface area contributed by atoms with E-state index in [1.54, 1.807) is 0 Å². The molecule has 3 atom stereocenters. The van der Waals surface area contributed by atoms with Crippen LogP contribution < -0.4 is 0 Å². The molecule has 0 aromatic rings. The number of carbonyl (C=O) groups excluding carboxylic acids is 1. The van der Waals surface area contributed by atoms with Crippen LogP contribution in [0.1, 0.15) is 40.0 Å². The summed E-state index contributed by atoms with van der Waals surface area (Å²) < 4.78 is 5.57. The summed E-state index contributed by atoms with van der Waals surface area (Å²) in [6.45, 7) is 7.06. The molecule has 1 aliphatic rings. The zero-order valence-corrected chi connectivity index (χ0v) is 8.88. The molecular weight excluding hydrogens is 164 g/mol. The highest BCUT2D eigenvalue weighted by molar-refractivity contribution is 5.62. The zero-order valence-electron chi connectivity index (χ0n) is 8.88. The van der Waals surface area contributed by atoms with E-state index in [1.807, 2.05) is 6.92 Å². The maximum atomic E-state index is 11.0. The second-order valence-electron chi connectivity index (χ2n) is 4.31. The standard InChI is InChI=1S/C11H20O2/c1-4-13-11(8-12)6-5-9(2)10(3)7-11/h8-10H,4-7H2,1-3H3. The maximum Gasteiger partial charge on any atom is 0.151 e. The van der Waals surface area contributed by atoms with Gasteiger partial charge in [-0.25, -0.2) is 0 Å². The van der Waals surface area contributed by atoms with Gasteiger partial charge in [0.2, 0.25) is 0 Å². The summed E-state index contributed by atoms with van der Waals surface area (Å²) >= 11 is 0. The lowest BCUT2D eigenvalue weighted by molar-refractivity contribution is -0.139. The third-order valence-corrected chi connectivity index (χ3v) is 3.31. The van der Waals surface area contributed by atoms with Crippen LogP contribution in [-0.2, 0) is 9.53 Å². The summed E-state index contributed by atoms with van der Waals surface area (Å²) in [7, 11) is 0. The minimum absolute atomic E-state index is 0.458. The summed E-state index contributed by atoms with van der Waals surface area (Å²) in [5.41, 5.74) is -0.458. The highest BCUT2D eigenvalue weighted by Crippen LogP contribution is 2.37. The van der Waals surface area contributed by atoms with Crippen molar-refractivity contribution in [2.24, 2.45) is 11.8 Å². The molecule has 1 fully saturated rings. The van der Waals surface area contributed by atoms with Crippen LogP contribution in [0, 0.1) is 11.8 Å². The van der Waals surface area contributed by atoms with Gasteiger partial charge in [0.05, 0.1) is 0 Å². The van der Waals surface area contributed by atoms with E-state index in [1.165, 1.54) is 0 Å². The van der Waals surface area contributed by atoms with Gasteiger partial charge < -0.3 is 9.53 Å². The molecule has 2 heteroatoms. The minimum Gasteiger partial charge on any atom is -0.368 e. The lowest BCUT2D eigenvalue weighted by Crippen LogP contribution is -2.41. The Hall–Kier alpha value is -0.370. The molecule has 0 amide bonds. The first kappa shape index (κ1) is 10.7. The number of hydrogen-bond acceptors (Lipinski definition) is 2. The Bertz CT molecular complexity index is 179. The van der Waals surface area contributed by atoms with E-state index in [0.717, 1.165) is 31.5 Å². The second-order valence-corrected chi connectivity index (χ2v) is 4.31. The van der Waals surface area contributed by atoms with E-state index in [0.29, 0.717) is 12.5 Å². The summed E-state index contributed by atoms with van der Waals surface area (Å²) in [6, 6.07) is 0. The predicted molar refractivity (Wildman–Crippen MR) is 52.6 cm³/mol. The van der Waals surface area contributed by atoms with Crippen molar-refractivity contribution in [1.82, 2.24) is 0 Å². The zero-order chi connectivity index (χ0) is 9.90. The van der Waals surface area contributed by atoms with Crippen LogP contribution in [0.4, 0.5) is 0 Å². The Morgan fingerprint density at radius 2 is 2.15 bits per heavy atom. The molecule has 0 radical (unpaired) electrons. The van der Waals surface area contributed by atoms with Gasteiger partial charge in [-0.1, -0.05) is 13.8 Å². The molecule has 0 spiro atoms. The van der Waals surface area contributed by atoms with Crippen LogP contribution in [0.15, 0.2) is 0 Å². The van der Waals surface area contributed by atoms with E-state index in [2.05, 4.69) is 13.8 Å². The molecule has 0 saturated heterocycles. The molecule has 1 aliphatic carbocycles. The summed E-state index contributed by atoms with van der Waals surface area (Å²) in [4.78, 5) is 11.0. The molecule has 1 saturated carbocycles. The third-order valence-electron chi connectivity index (χ3n) is 3.31. The van der Waals surface area contributed by atoms with Crippen molar-refractivity contribution in [3.05, 3.63) is 0 Å². The summed E-state index contributed by atoms with van der Waals surface area (Å²) in [5, 5.41) is 0. The molecule has 76 valence electrons. The van der Waals surface area contributed by atoms with Crippen LogP contribution in [-0.4, -0.2) is 18.5 Å². The molecule has 0 aliphatic heterocycles. The summed E-state index contributed by atoms with van der Waals surface area (Å²) in [6.07, 6.45) is 3.92. The van der Waals surface area contributed by atoms with Gasteiger partial charge in [-0.05, 0) is 38.0 Å². The van der Waals surface area contributed by atoms with Crippen molar-refractivity contribution in [2.75, 3.05) is 6.61 Å². The predicted octanol–water partition coefficient (Wildman–Crippen LogP) is 2.42. The first-order valence-electron chi connectivity index (χ1n) is 5.24. The lowest BCUT2D eigenvalue weighted by Gasteiger charge is -2.38. The van der Waals surface area contributed by atoms with Gasteiger partial charge in [0.15, 0.2) is 6.29 Å². The van der Waals surface area contributed by atoms with Crippen molar-refractivity contribution in [3.63, 3.8) is 0 Å². The number of hydrogen-bond donors (Lipinski definition) is 0. The number of rotatable bonds is 3. The Morgan fingerprint density at radius 3 is 2.62 bits per heavy atom. The Balaban J connectivity index is 2.62. The smallest absolute Gasteiger partial charge is 0.151 e. The van der Waals surface area contributed by atoms with Gasteiger partial charge >= 0.3 is 0 Å². The highest BCUT2D eigenvalue weighted by Gasteiger charge is 2.38. The van der Waals surface area contributed by atoms with E-state index < -0.39 is 5.60 Å². The average molecular weight is 184 g/mol. The SMILES string of the molecule is CCOC1(C=O)CCC(C)C(C)C1. The van der Waals surface area contributed by atoms with Crippen LogP contribution in [0.2, 0.25) is 0 Å². The maximum absolute atomic E-state index is 11.0. The fraction of sp³-hybridized carbons (Fsp3) is 0.909. The van der Waals surface area contributed by atoms with Gasteiger partial charge in [-0.2, -0.15) is 0 Å². The van der Waals surface area contributed by atoms with Crippen molar-refractivity contribution < 1.29 is 9.53 Å². The average Bonchev–Trinajstić information content (AvgIpc) is 2.12. The van der Waals surface area contributed by atoms with Crippen molar-refractivity contribution in [1.29, 1.82) is 0 Å². The Labute approximate surface area is 80.7 Å². The van der Waals surface area contributed by atoms with Crippen molar-refractivity contribution in [3.8, 4) is 0 Å². The molecule has 1 rings (SSSR count). The number of aldehydes is 1. The Morgan fingerprint density at radius 1 is 1.46 bits per heavy atom. The lowest BCUT2D eigenvalue weighted by atomic mass is 9.73. The molecule has 0 aromatic carbocycles. The first-order chi connectivity index (χ1) is 6.13. The van der Waals surface area contributed by atoms with Crippen molar-refractivity contribution in [2.45, 2.75) is 45.6 Å². The van der Waals surface area contributed by atoms with Crippen LogP contribution in [0.3, 0.4) is 0 Å². The van der Waals surface area contributed by atoms with Crippen LogP contribution in [0.5, 0.6) is 0 Å². The fourth-order valence-electron chi connectivity index (χ4n) is 2.16. The van der Waals surface area contributed by atoms with E-state index >= 15 is 0 Å². The van der Waals surface area contributed by atoms with E-state index in [4.69, 9.17) is 4.74 Å². The molecule has 0 aromatic heterocycles. The second kappa shape index (κ2) is 4.23. The van der Waals surface area contributed by atoms with Crippen LogP contribution >= 0.6 is 0 Å². The molecule has 2 nitrogen and oxygen atoms in total. The normalized spacial score (nSPS) is 40.2. The van der Waals surface area contributed by atoms with Gasteiger partial charge in [-0.15, -0.1) is 0 Å². The number of carbonyl (C=O) groups is 1. The molecule has 0 heterocycles. The minimum atomic E-state index is -0.458. The first-order valence-corrected chi connectivity index (χ1v) is 5.24. The third kappa shape index (κ3) is 2.31. The molecule has 13 heavy (non-hydrogen) atoms. The largest absolute Gasteiger partial charge is 0.368 e. The Kier molecular flexibility index (Phi) is 3.48. The fourth-order valence-corrected chi connectivity index (χ4v) is 2.16. The molecule has 0 N–H and O–H groups in total. The van der Waals surface area contributed by atoms with Gasteiger partial charge in [0, 0.05) is 6.61 Å². The van der Waals surface area contributed by atoms with E-state index in [9.17, 15) is 4.79 Å². The topological polar surface area (TPSA) is 26.3 Å². The molecule has 3 unspecified atom stereocenters. The molecule has 0 bridgehead atoms. The van der Waals surface area contributed by atoms with Gasteiger partial charge in [0.25, 0.3) is 0 Å². The highest BCUT2D eigenvalue weighted by atomic mass is 16.5. The number of ether oxygens (including phenoxy) is 1. The van der Waals surface area contributed by atoms with Crippen molar-refractivity contribution >= 4 is 6.29 Å². The quantitative estimate of drug-likeness (QED) is 0.630. The molecular formula is C11H20O2.